The third kappa shape index (κ3) is 5.95. The summed E-state index contributed by atoms with van der Waals surface area (Å²) in [5.74, 6) is -0.446. The van der Waals surface area contributed by atoms with Gasteiger partial charge in [0.1, 0.15) is 0 Å². The number of amides is 2. The zero-order valence-electron chi connectivity index (χ0n) is 12.7. The van der Waals surface area contributed by atoms with Crippen LogP contribution in [-0.4, -0.2) is 30.1 Å². The van der Waals surface area contributed by atoms with Gasteiger partial charge in [0.2, 0.25) is 11.8 Å². The maximum Gasteiger partial charge on any atom is 0.239 e. The number of aryl methyl sites for hydroxylation is 1. The molecule has 0 saturated carbocycles. The number of rotatable bonds is 8. The largest absolute Gasteiger partial charge is 0.394 e. The first-order chi connectivity index (χ1) is 10.1. The second-order valence-electron chi connectivity index (χ2n) is 4.92. The van der Waals surface area contributed by atoms with Crippen molar-refractivity contribution < 1.29 is 14.7 Å². The van der Waals surface area contributed by atoms with Crippen LogP contribution >= 0.6 is 0 Å². The van der Waals surface area contributed by atoms with Gasteiger partial charge in [-0.2, -0.15) is 0 Å². The summed E-state index contributed by atoms with van der Waals surface area (Å²) in [5, 5.41) is 14.7. The Kier molecular flexibility index (Phi) is 7.46. The Morgan fingerprint density at radius 1 is 1.14 bits per heavy atom. The maximum atomic E-state index is 11.8. The van der Waals surface area contributed by atoms with Gasteiger partial charge in [-0.3, -0.25) is 9.59 Å². The minimum absolute atomic E-state index is 0.0671. The fraction of sp³-hybridized carbons (Fsp3) is 0.500. The van der Waals surface area contributed by atoms with Crippen molar-refractivity contribution in [3.63, 3.8) is 0 Å². The molecule has 5 heteroatoms. The summed E-state index contributed by atoms with van der Waals surface area (Å²) in [6, 6.07) is 7.30. The first-order valence-electron chi connectivity index (χ1n) is 7.36. The van der Waals surface area contributed by atoms with Crippen LogP contribution in [0.4, 0.5) is 0 Å². The summed E-state index contributed by atoms with van der Waals surface area (Å²) in [6.45, 7) is 3.73. The summed E-state index contributed by atoms with van der Waals surface area (Å²) < 4.78 is 0. The lowest BCUT2D eigenvalue weighted by atomic mass is 10.0. The van der Waals surface area contributed by atoms with Gasteiger partial charge in [-0.15, -0.1) is 0 Å². The topological polar surface area (TPSA) is 78.4 Å². The van der Waals surface area contributed by atoms with Crippen molar-refractivity contribution in [3.05, 3.63) is 35.4 Å². The molecular weight excluding hydrogens is 268 g/mol. The second-order valence-corrected chi connectivity index (χ2v) is 4.92. The van der Waals surface area contributed by atoms with Gasteiger partial charge < -0.3 is 15.7 Å². The van der Waals surface area contributed by atoms with E-state index in [0.29, 0.717) is 6.42 Å². The zero-order valence-corrected chi connectivity index (χ0v) is 12.7. The molecule has 1 aromatic carbocycles. The van der Waals surface area contributed by atoms with Crippen molar-refractivity contribution in [1.82, 2.24) is 10.6 Å². The van der Waals surface area contributed by atoms with Gasteiger partial charge in [0.05, 0.1) is 19.2 Å². The summed E-state index contributed by atoms with van der Waals surface area (Å²) in [5.41, 5.74) is 2.05. The predicted molar refractivity (Wildman–Crippen MR) is 81.7 cm³/mol. The van der Waals surface area contributed by atoms with E-state index in [2.05, 4.69) is 17.6 Å². The Labute approximate surface area is 125 Å². The van der Waals surface area contributed by atoms with E-state index in [9.17, 15) is 14.7 Å². The first-order valence-corrected chi connectivity index (χ1v) is 7.36. The van der Waals surface area contributed by atoms with Crippen LogP contribution in [-0.2, 0) is 16.0 Å². The number of nitrogens with one attached hydrogen (secondary N) is 2. The lowest BCUT2D eigenvalue weighted by Crippen LogP contribution is -2.39. The Morgan fingerprint density at radius 2 is 1.81 bits per heavy atom. The molecule has 0 aliphatic heterocycles. The summed E-state index contributed by atoms with van der Waals surface area (Å²) >= 11 is 0. The molecule has 0 bridgehead atoms. The average Bonchev–Trinajstić information content (AvgIpc) is 2.51. The van der Waals surface area contributed by atoms with Crippen LogP contribution in [0.1, 0.15) is 43.9 Å². The van der Waals surface area contributed by atoms with E-state index in [1.807, 2.05) is 31.2 Å². The second kappa shape index (κ2) is 9.13. The van der Waals surface area contributed by atoms with Crippen LogP contribution in [0.5, 0.6) is 0 Å². The molecule has 21 heavy (non-hydrogen) atoms. The van der Waals surface area contributed by atoms with E-state index >= 15 is 0 Å². The molecule has 1 unspecified atom stereocenters. The monoisotopic (exact) mass is 292 g/mol. The molecule has 0 fully saturated rings. The highest BCUT2D eigenvalue weighted by atomic mass is 16.3. The molecule has 0 aliphatic carbocycles. The lowest BCUT2D eigenvalue weighted by Gasteiger charge is -2.17. The Morgan fingerprint density at radius 3 is 2.33 bits per heavy atom. The molecule has 0 heterocycles. The average molecular weight is 292 g/mol. The smallest absolute Gasteiger partial charge is 0.239 e. The van der Waals surface area contributed by atoms with Crippen LogP contribution in [0.3, 0.4) is 0 Å². The number of carbonyl (C=O) groups excluding carboxylic acids is 2. The highest BCUT2D eigenvalue weighted by Crippen LogP contribution is 2.13. The van der Waals surface area contributed by atoms with Crippen molar-refractivity contribution in [2.24, 2.45) is 0 Å². The quantitative estimate of drug-likeness (QED) is 0.676. The standard InChI is InChI=1S/C16H24N2O3/c1-3-5-15(20)17-10-16(21)18-14(11-19)13-8-6-12(4-2)7-9-13/h6-9,14,19H,3-5,10-11H2,1-2H3,(H,17,20)(H,18,21). The van der Waals surface area contributed by atoms with Gasteiger partial charge in [0.25, 0.3) is 0 Å². The Balaban J connectivity index is 2.52. The van der Waals surface area contributed by atoms with E-state index in [1.165, 1.54) is 5.56 Å². The summed E-state index contributed by atoms with van der Waals surface area (Å²) in [6.07, 6.45) is 2.10. The van der Waals surface area contributed by atoms with Crippen LogP contribution in [0, 0.1) is 0 Å². The minimum Gasteiger partial charge on any atom is -0.394 e. The number of hydrogen-bond acceptors (Lipinski definition) is 3. The Bertz CT molecular complexity index is 457. The predicted octanol–water partition coefficient (Wildman–Crippen LogP) is 1.31. The third-order valence-electron chi connectivity index (χ3n) is 3.23. The molecule has 1 aromatic rings. The van der Waals surface area contributed by atoms with Crippen molar-refractivity contribution >= 4 is 11.8 Å². The maximum absolute atomic E-state index is 11.8. The van der Waals surface area contributed by atoms with Crippen LogP contribution in [0.15, 0.2) is 24.3 Å². The SMILES string of the molecule is CCCC(=O)NCC(=O)NC(CO)c1ccc(CC)cc1. The molecule has 5 nitrogen and oxygen atoms in total. The van der Waals surface area contributed by atoms with E-state index in [0.717, 1.165) is 18.4 Å². The lowest BCUT2D eigenvalue weighted by molar-refractivity contribution is -0.126. The molecule has 1 atom stereocenters. The molecule has 0 saturated heterocycles. The van der Waals surface area contributed by atoms with Gasteiger partial charge >= 0.3 is 0 Å². The first kappa shape index (κ1) is 17.2. The Hall–Kier alpha value is -1.88. The van der Waals surface area contributed by atoms with Crippen LogP contribution < -0.4 is 10.6 Å². The summed E-state index contributed by atoms with van der Waals surface area (Å²) in [4.78, 5) is 23.1. The molecule has 3 N–H and O–H groups in total. The van der Waals surface area contributed by atoms with Crippen LogP contribution in [0.2, 0.25) is 0 Å². The molecule has 1 rings (SSSR count). The van der Waals surface area contributed by atoms with Gasteiger partial charge in [0.15, 0.2) is 0 Å². The molecule has 0 spiro atoms. The van der Waals surface area contributed by atoms with Crippen molar-refractivity contribution in [1.29, 1.82) is 0 Å². The number of aliphatic hydroxyl groups excluding tert-OH is 1. The van der Waals surface area contributed by atoms with Crippen molar-refractivity contribution in [2.75, 3.05) is 13.2 Å². The van der Waals surface area contributed by atoms with E-state index in [1.54, 1.807) is 0 Å². The van der Waals surface area contributed by atoms with E-state index in [-0.39, 0.29) is 25.0 Å². The molecule has 0 radical (unpaired) electrons. The molecule has 0 aliphatic rings. The van der Waals surface area contributed by atoms with E-state index < -0.39 is 6.04 Å². The van der Waals surface area contributed by atoms with Crippen molar-refractivity contribution in [3.8, 4) is 0 Å². The molecule has 116 valence electrons. The minimum atomic E-state index is -0.452. The fourth-order valence-electron chi connectivity index (χ4n) is 1.96. The van der Waals surface area contributed by atoms with Crippen molar-refractivity contribution in [2.45, 2.75) is 39.2 Å². The highest BCUT2D eigenvalue weighted by Gasteiger charge is 2.14. The fourth-order valence-corrected chi connectivity index (χ4v) is 1.96. The van der Waals surface area contributed by atoms with Gasteiger partial charge in [-0.05, 0) is 24.0 Å². The third-order valence-corrected chi connectivity index (χ3v) is 3.23. The van der Waals surface area contributed by atoms with E-state index in [4.69, 9.17) is 0 Å². The van der Waals surface area contributed by atoms with Gasteiger partial charge in [-0.1, -0.05) is 38.1 Å². The van der Waals surface area contributed by atoms with Crippen LogP contribution in [0.25, 0.3) is 0 Å². The highest BCUT2D eigenvalue weighted by molar-refractivity contribution is 5.84. The normalized spacial score (nSPS) is 11.8. The van der Waals surface area contributed by atoms with Gasteiger partial charge in [0, 0.05) is 6.42 Å². The molecule has 2 amide bonds. The number of benzene rings is 1. The number of hydrogen-bond donors (Lipinski definition) is 3. The number of carbonyl (C=O) groups is 2. The number of aliphatic hydroxyl groups is 1. The summed E-state index contributed by atoms with van der Waals surface area (Å²) in [7, 11) is 0. The zero-order chi connectivity index (χ0) is 15.7. The molecule has 0 aromatic heterocycles. The molecular formula is C16H24N2O3. The van der Waals surface area contributed by atoms with Gasteiger partial charge in [-0.25, -0.2) is 0 Å².